The Bertz CT molecular complexity index is 690. The number of carbonyl (C=O) groups excluding carboxylic acids is 1. The van der Waals surface area contributed by atoms with Crippen LogP contribution < -0.4 is 5.32 Å². The van der Waals surface area contributed by atoms with E-state index in [1.165, 1.54) is 11.4 Å². The van der Waals surface area contributed by atoms with Crippen LogP contribution in [0.4, 0.5) is 0 Å². The van der Waals surface area contributed by atoms with Gasteiger partial charge in [-0.3, -0.25) is 4.79 Å². The molecule has 0 aliphatic carbocycles. The number of likely N-dealkylation sites (N-methyl/N-ethyl adjacent to an activating group) is 1. The van der Waals surface area contributed by atoms with Gasteiger partial charge in [0.25, 0.3) is 0 Å². The minimum absolute atomic E-state index is 0.0110. The zero-order valence-electron chi connectivity index (χ0n) is 14.3. The quantitative estimate of drug-likeness (QED) is 0.847. The van der Waals surface area contributed by atoms with Gasteiger partial charge in [-0.05, 0) is 18.8 Å². The van der Waals surface area contributed by atoms with Gasteiger partial charge in [0, 0.05) is 7.05 Å². The zero-order chi connectivity index (χ0) is 17.4. The lowest BCUT2D eigenvalue weighted by Crippen LogP contribution is -2.54. The first kappa shape index (κ1) is 17.9. The van der Waals surface area contributed by atoms with Crippen LogP contribution in [0.1, 0.15) is 38.8 Å². The van der Waals surface area contributed by atoms with Crippen molar-refractivity contribution in [1.82, 2.24) is 24.4 Å². The van der Waals surface area contributed by atoms with Gasteiger partial charge in [-0.15, -0.1) is 10.2 Å². The Labute approximate surface area is 137 Å². The van der Waals surface area contributed by atoms with E-state index in [9.17, 15) is 13.2 Å². The molecule has 0 saturated heterocycles. The number of fused-ring (bicyclic) bond motifs is 1. The molecule has 0 spiro atoms. The highest BCUT2D eigenvalue weighted by molar-refractivity contribution is 7.89. The molecule has 0 fully saturated rings. The molecule has 0 bridgehead atoms. The van der Waals surface area contributed by atoms with Crippen molar-refractivity contribution in [2.75, 3.05) is 12.8 Å². The van der Waals surface area contributed by atoms with Gasteiger partial charge in [-0.2, -0.15) is 4.31 Å². The fraction of sp³-hybridized carbons (Fsp3) is 0.786. The van der Waals surface area contributed by atoms with Crippen LogP contribution in [0, 0.1) is 12.3 Å². The van der Waals surface area contributed by atoms with E-state index < -0.39 is 16.1 Å². The molecule has 0 saturated carbocycles. The van der Waals surface area contributed by atoms with Gasteiger partial charge in [0.2, 0.25) is 15.9 Å². The summed E-state index contributed by atoms with van der Waals surface area (Å²) < 4.78 is 28.6. The third-order valence-corrected chi connectivity index (χ3v) is 5.85. The maximum Gasteiger partial charge on any atom is 0.240 e. The number of hydrogen-bond donors (Lipinski definition) is 1. The Balaban J connectivity index is 2.32. The predicted molar refractivity (Wildman–Crippen MR) is 86.0 cm³/mol. The van der Waals surface area contributed by atoms with Crippen LogP contribution in [0.25, 0.3) is 0 Å². The number of aromatic nitrogens is 3. The van der Waals surface area contributed by atoms with Crippen molar-refractivity contribution in [3.05, 3.63) is 11.6 Å². The van der Waals surface area contributed by atoms with Crippen molar-refractivity contribution in [2.24, 2.45) is 5.41 Å². The summed E-state index contributed by atoms with van der Waals surface area (Å²) in [7, 11) is -2.05. The summed E-state index contributed by atoms with van der Waals surface area (Å²) in [6, 6.07) is -0.771. The maximum absolute atomic E-state index is 12.8. The number of rotatable bonds is 4. The largest absolute Gasteiger partial charge is 0.358 e. The first-order valence-electron chi connectivity index (χ1n) is 7.65. The number of sulfonamides is 1. The zero-order valence-corrected chi connectivity index (χ0v) is 15.1. The van der Waals surface area contributed by atoms with Gasteiger partial charge in [0.1, 0.15) is 17.7 Å². The molecule has 8 nitrogen and oxygen atoms in total. The van der Waals surface area contributed by atoms with Crippen molar-refractivity contribution in [3.8, 4) is 0 Å². The van der Waals surface area contributed by atoms with Crippen LogP contribution in [-0.4, -0.2) is 52.2 Å². The summed E-state index contributed by atoms with van der Waals surface area (Å²) in [4.78, 5) is 12.2. The average molecular weight is 343 g/mol. The van der Waals surface area contributed by atoms with Crippen LogP contribution in [0.5, 0.6) is 0 Å². The van der Waals surface area contributed by atoms with Gasteiger partial charge in [0.05, 0.1) is 18.8 Å². The fourth-order valence-electron chi connectivity index (χ4n) is 2.52. The van der Waals surface area contributed by atoms with Gasteiger partial charge in [-0.25, -0.2) is 8.42 Å². The highest BCUT2D eigenvalue weighted by Crippen LogP contribution is 2.25. The normalized spacial score (nSPS) is 19.4. The van der Waals surface area contributed by atoms with E-state index in [2.05, 4.69) is 15.5 Å². The molecular formula is C14H25N5O3S. The highest BCUT2D eigenvalue weighted by Gasteiger charge is 2.40. The topological polar surface area (TPSA) is 97.2 Å². The fourth-order valence-corrected chi connectivity index (χ4v) is 4.48. The van der Waals surface area contributed by atoms with Gasteiger partial charge in [0.15, 0.2) is 0 Å². The van der Waals surface area contributed by atoms with E-state index in [0.717, 1.165) is 0 Å². The first-order valence-corrected chi connectivity index (χ1v) is 9.26. The highest BCUT2D eigenvalue weighted by atomic mass is 32.2. The molecule has 2 rings (SSSR count). The third kappa shape index (κ3) is 3.89. The van der Waals surface area contributed by atoms with E-state index >= 15 is 0 Å². The molecule has 2 heterocycles. The molecule has 9 heteroatoms. The lowest BCUT2D eigenvalue weighted by Gasteiger charge is -2.34. The predicted octanol–water partition coefficient (Wildman–Crippen LogP) is 0.283. The monoisotopic (exact) mass is 343 g/mol. The summed E-state index contributed by atoms with van der Waals surface area (Å²) in [6.07, 6.45) is 0.526. The van der Waals surface area contributed by atoms with E-state index in [4.69, 9.17) is 0 Å². The molecule has 1 aliphatic heterocycles. The minimum atomic E-state index is -3.56. The minimum Gasteiger partial charge on any atom is -0.358 e. The van der Waals surface area contributed by atoms with Crippen LogP contribution in [-0.2, 0) is 27.9 Å². The van der Waals surface area contributed by atoms with Gasteiger partial charge < -0.3 is 9.88 Å². The molecule has 0 radical (unpaired) electrons. The summed E-state index contributed by atoms with van der Waals surface area (Å²) >= 11 is 0. The molecule has 1 N–H and O–H groups in total. The molecule has 0 aromatic carbocycles. The number of nitrogens with one attached hydrogen (secondary N) is 1. The van der Waals surface area contributed by atoms with Crippen molar-refractivity contribution < 1.29 is 13.2 Å². The number of carbonyl (C=O) groups is 1. The van der Waals surface area contributed by atoms with Gasteiger partial charge >= 0.3 is 0 Å². The number of aryl methyl sites for hydroxylation is 1. The van der Waals surface area contributed by atoms with E-state index in [-0.39, 0.29) is 30.2 Å². The SMILES string of the molecule is CNC(=O)C1Cn2c(C)nnc2CN1S(=O)(=O)CCC(C)(C)C. The number of nitrogens with zero attached hydrogens (tertiary/aromatic N) is 4. The van der Waals surface area contributed by atoms with Crippen LogP contribution in [0.3, 0.4) is 0 Å². The molecule has 1 aromatic heterocycles. The lowest BCUT2D eigenvalue weighted by molar-refractivity contribution is -0.125. The molecule has 1 atom stereocenters. The summed E-state index contributed by atoms with van der Waals surface area (Å²) in [5.41, 5.74) is -0.0953. The van der Waals surface area contributed by atoms with Crippen molar-refractivity contribution in [1.29, 1.82) is 0 Å². The third-order valence-electron chi connectivity index (χ3n) is 4.03. The average Bonchev–Trinajstić information content (AvgIpc) is 2.83. The second-order valence-corrected chi connectivity index (χ2v) is 9.12. The molecule has 1 amide bonds. The molecular weight excluding hydrogens is 318 g/mol. The Morgan fingerprint density at radius 2 is 2.00 bits per heavy atom. The summed E-state index contributed by atoms with van der Waals surface area (Å²) in [5, 5.41) is 10.6. The summed E-state index contributed by atoms with van der Waals surface area (Å²) in [5.74, 6) is 0.947. The lowest BCUT2D eigenvalue weighted by atomic mass is 9.94. The van der Waals surface area contributed by atoms with Crippen LogP contribution >= 0.6 is 0 Å². The Hall–Kier alpha value is -1.48. The Morgan fingerprint density at radius 3 is 2.57 bits per heavy atom. The van der Waals surface area contributed by atoms with Crippen molar-refractivity contribution >= 4 is 15.9 Å². The second kappa shape index (κ2) is 6.20. The van der Waals surface area contributed by atoms with Crippen molar-refractivity contribution in [3.63, 3.8) is 0 Å². The molecule has 23 heavy (non-hydrogen) atoms. The van der Waals surface area contributed by atoms with Gasteiger partial charge in [-0.1, -0.05) is 20.8 Å². The maximum atomic E-state index is 12.8. The van der Waals surface area contributed by atoms with E-state index in [1.807, 2.05) is 20.8 Å². The van der Waals surface area contributed by atoms with Crippen molar-refractivity contribution in [2.45, 2.75) is 53.2 Å². The van der Waals surface area contributed by atoms with Crippen LogP contribution in [0.15, 0.2) is 0 Å². The standard InChI is InChI=1S/C14H25N5O3S/c1-10-16-17-12-9-19(11(8-18(10)12)13(20)15-5)23(21,22)7-6-14(2,3)4/h11H,6-9H2,1-5H3,(H,15,20). The molecule has 1 aromatic rings. The number of hydrogen-bond acceptors (Lipinski definition) is 5. The smallest absolute Gasteiger partial charge is 0.240 e. The molecule has 1 unspecified atom stereocenters. The molecule has 130 valence electrons. The first-order chi connectivity index (χ1) is 10.5. The summed E-state index contributed by atoms with van der Waals surface area (Å²) in [6.45, 7) is 8.09. The van der Waals surface area contributed by atoms with E-state index in [0.29, 0.717) is 18.1 Å². The van der Waals surface area contributed by atoms with E-state index in [1.54, 1.807) is 11.5 Å². The Morgan fingerprint density at radius 1 is 1.35 bits per heavy atom. The second-order valence-electron chi connectivity index (χ2n) is 7.08. The molecule has 1 aliphatic rings. The Kier molecular flexibility index (Phi) is 4.81. The van der Waals surface area contributed by atoms with Crippen LogP contribution in [0.2, 0.25) is 0 Å². The number of amides is 1.